The second-order valence-corrected chi connectivity index (χ2v) is 7.98. The van der Waals surface area contributed by atoms with Crippen LogP contribution in [-0.4, -0.2) is 52.1 Å². The van der Waals surface area contributed by atoms with E-state index in [1.165, 1.54) is 12.3 Å². The first kappa shape index (κ1) is 21.6. The first-order valence-corrected chi connectivity index (χ1v) is 10.8. The summed E-state index contributed by atoms with van der Waals surface area (Å²) >= 11 is 0. The van der Waals surface area contributed by atoms with Gasteiger partial charge in [-0.15, -0.1) is 0 Å². The number of H-pyrrole nitrogens is 1. The molecule has 5 rings (SSSR count). The Morgan fingerprint density at radius 2 is 1.79 bits per heavy atom. The minimum absolute atomic E-state index is 0.0296. The fraction of sp³-hybridized carbons (Fsp3) is 0.208. The number of aromatic nitrogens is 3. The molecule has 1 aliphatic rings. The van der Waals surface area contributed by atoms with E-state index in [9.17, 15) is 13.6 Å². The minimum Gasteiger partial charge on any atom is -0.438 e. The van der Waals surface area contributed by atoms with Crippen molar-refractivity contribution < 1.29 is 18.3 Å². The molecule has 2 amide bonds. The number of piperazine rings is 1. The molecular formula is C24H22F2N6O2. The van der Waals surface area contributed by atoms with Gasteiger partial charge in [0.05, 0.1) is 29.3 Å². The van der Waals surface area contributed by atoms with Crippen LogP contribution in [0.15, 0.2) is 55.0 Å². The van der Waals surface area contributed by atoms with E-state index in [0.717, 1.165) is 17.4 Å². The summed E-state index contributed by atoms with van der Waals surface area (Å²) < 4.78 is 33.0. The largest absolute Gasteiger partial charge is 0.438 e. The normalized spacial score (nSPS) is 13.9. The summed E-state index contributed by atoms with van der Waals surface area (Å²) in [5.41, 5.74) is 2.29. The number of nitrogens with zero attached hydrogens (tertiary/aromatic N) is 4. The number of anilines is 2. The maximum Gasteiger partial charge on any atom is 0.322 e. The van der Waals surface area contributed by atoms with Crippen LogP contribution in [0.1, 0.15) is 5.69 Å². The molecule has 1 aliphatic heterocycles. The zero-order valence-electron chi connectivity index (χ0n) is 18.4. The minimum atomic E-state index is -0.963. The van der Waals surface area contributed by atoms with Crippen molar-refractivity contribution in [3.63, 3.8) is 0 Å². The molecule has 0 bridgehead atoms. The van der Waals surface area contributed by atoms with Crippen molar-refractivity contribution in [3.8, 4) is 11.6 Å². The molecule has 0 saturated carbocycles. The van der Waals surface area contributed by atoms with Crippen LogP contribution >= 0.6 is 0 Å². The molecule has 0 atom stereocenters. The highest BCUT2D eigenvalue weighted by atomic mass is 19.2. The van der Waals surface area contributed by atoms with Gasteiger partial charge >= 0.3 is 6.03 Å². The van der Waals surface area contributed by atoms with Gasteiger partial charge in [0.15, 0.2) is 11.6 Å². The number of aromatic amines is 1. The Bertz CT molecular complexity index is 1320. The summed E-state index contributed by atoms with van der Waals surface area (Å²) in [4.78, 5) is 27.6. The third kappa shape index (κ3) is 4.34. The molecule has 4 aromatic rings. The molecule has 8 nitrogen and oxygen atoms in total. The number of urea groups is 1. The van der Waals surface area contributed by atoms with Gasteiger partial charge in [-0.05, 0) is 43.3 Å². The Kier molecular flexibility index (Phi) is 5.70. The summed E-state index contributed by atoms with van der Waals surface area (Å²) in [6, 6.07) is 9.87. The number of fused-ring (bicyclic) bond motifs is 1. The van der Waals surface area contributed by atoms with Gasteiger partial charge in [0, 0.05) is 43.4 Å². The van der Waals surface area contributed by atoms with Crippen LogP contribution in [0.25, 0.3) is 10.9 Å². The second-order valence-electron chi connectivity index (χ2n) is 7.98. The number of rotatable bonds is 4. The smallest absolute Gasteiger partial charge is 0.322 e. The third-order valence-corrected chi connectivity index (χ3v) is 5.74. The van der Waals surface area contributed by atoms with E-state index in [1.807, 2.05) is 31.2 Å². The highest BCUT2D eigenvalue weighted by Crippen LogP contribution is 2.27. The van der Waals surface area contributed by atoms with Crippen LogP contribution in [0.4, 0.5) is 25.0 Å². The summed E-state index contributed by atoms with van der Waals surface area (Å²) in [5.74, 6) is -0.808. The zero-order chi connectivity index (χ0) is 23.7. The molecule has 34 heavy (non-hydrogen) atoms. The molecule has 3 heterocycles. The second kappa shape index (κ2) is 8.97. The number of halogens is 2. The van der Waals surface area contributed by atoms with E-state index < -0.39 is 11.6 Å². The van der Waals surface area contributed by atoms with Crippen molar-refractivity contribution in [2.24, 2.45) is 0 Å². The summed E-state index contributed by atoms with van der Waals surface area (Å²) in [5, 5.41) is 3.21. The monoisotopic (exact) mass is 464 g/mol. The molecule has 10 heteroatoms. The Balaban J connectivity index is 1.17. The number of hydrogen-bond donors (Lipinski definition) is 2. The molecule has 2 aromatic carbocycles. The predicted octanol–water partition coefficient (Wildman–Crippen LogP) is 4.69. The summed E-state index contributed by atoms with van der Waals surface area (Å²) in [7, 11) is 0. The van der Waals surface area contributed by atoms with E-state index in [0.29, 0.717) is 48.9 Å². The van der Waals surface area contributed by atoms with E-state index in [-0.39, 0.29) is 11.5 Å². The number of benzene rings is 2. The van der Waals surface area contributed by atoms with E-state index in [2.05, 4.69) is 25.2 Å². The number of amides is 2. The molecule has 0 spiro atoms. The Labute approximate surface area is 194 Å². The van der Waals surface area contributed by atoms with Crippen LogP contribution < -0.4 is 15.0 Å². The lowest BCUT2D eigenvalue weighted by atomic mass is 10.2. The van der Waals surface area contributed by atoms with Crippen molar-refractivity contribution in [1.29, 1.82) is 0 Å². The fourth-order valence-corrected chi connectivity index (χ4v) is 3.88. The van der Waals surface area contributed by atoms with Crippen molar-refractivity contribution in [2.45, 2.75) is 6.92 Å². The third-order valence-electron chi connectivity index (χ3n) is 5.74. The van der Waals surface area contributed by atoms with Gasteiger partial charge in [-0.3, -0.25) is 4.98 Å². The van der Waals surface area contributed by atoms with E-state index >= 15 is 0 Å². The number of aryl methyl sites for hydroxylation is 1. The maximum absolute atomic E-state index is 13.9. The number of carbonyl (C=O) groups excluding carboxylic acids is 1. The number of hydrogen-bond acceptors (Lipinski definition) is 5. The SMILES string of the molecule is Cc1cnc(Oc2ccc(N3CCN(C(=O)Nc4c[nH]c5c(F)c(F)ccc45)CC3)cc2)cn1. The van der Waals surface area contributed by atoms with E-state index in [4.69, 9.17) is 4.74 Å². The van der Waals surface area contributed by atoms with E-state index in [1.54, 1.807) is 17.3 Å². The molecule has 174 valence electrons. The molecule has 1 fully saturated rings. The van der Waals surface area contributed by atoms with Gasteiger partial charge in [0.1, 0.15) is 5.75 Å². The highest BCUT2D eigenvalue weighted by Gasteiger charge is 2.22. The summed E-state index contributed by atoms with van der Waals surface area (Å²) in [6.45, 7) is 4.22. The van der Waals surface area contributed by atoms with Gasteiger partial charge in [0.2, 0.25) is 5.88 Å². The molecule has 0 radical (unpaired) electrons. The van der Waals surface area contributed by atoms with Crippen LogP contribution in [0.5, 0.6) is 11.6 Å². The molecule has 1 saturated heterocycles. The van der Waals surface area contributed by atoms with Gasteiger partial charge in [-0.25, -0.2) is 18.6 Å². The van der Waals surface area contributed by atoms with Gasteiger partial charge in [-0.2, -0.15) is 0 Å². The van der Waals surface area contributed by atoms with Gasteiger partial charge in [0.25, 0.3) is 0 Å². The van der Waals surface area contributed by atoms with Crippen LogP contribution in [-0.2, 0) is 0 Å². The van der Waals surface area contributed by atoms with Crippen LogP contribution in [0.3, 0.4) is 0 Å². The number of carbonyl (C=O) groups is 1. The van der Waals surface area contributed by atoms with Gasteiger partial charge < -0.3 is 24.8 Å². The van der Waals surface area contributed by atoms with Crippen molar-refractivity contribution in [3.05, 3.63) is 72.3 Å². The fourth-order valence-electron chi connectivity index (χ4n) is 3.88. The molecule has 2 aromatic heterocycles. The molecular weight excluding hydrogens is 442 g/mol. The van der Waals surface area contributed by atoms with Crippen molar-refractivity contribution in [1.82, 2.24) is 19.9 Å². The lowest BCUT2D eigenvalue weighted by Crippen LogP contribution is -2.50. The first-order valence-electron chi connectivity index (χ1n) is 10.8. The predicted molar refractivity (Wildman–Crippen MR) is 124 cm³/mol. The number of ether oxygens (including phenoxy) is 1. The Hall–Kier alpha value is -4.21. The van der Waals surface area contributed by atoms with Gasteiger partial charge in [-0.1, -0.05) is 0 Å². The maximum atomic E-state index is 13.9. The topological polar surface area (TPSA) is 86.4 Å². The van der Waals surface area contributed by atoms with Crippen LogP contribution in [0, 0.1) is 18.6 Å². The van der Waals surface area contributed by atoms with Crippen molar-refractivity contribution in [2.75, 3.05) is 36.4 Å². The lowest BCUT2D eigenvalue weighted by Gasteiger charge is -2.36. The summed E-state index contributed by atoms with van der Waals surface area (Å²) in [6.07, 6.45) is 4.70. The average molecular weight is 464 g/mol. The van der Waals surface area contributed by atoms with Crippen molar-refractivity contribution >= 4 is 28.3 Å². The quantitative estimate of drug-likeness (QED) is 0.458. The standard InChI is InChI=1S/C24H22F2N6O2/c1-15-12-28-21(14-27-15)34-17-4-2-16(3-5-17)31-8-10-32(11-9-31)24(33)30-20-13-29-23-18(20)6-7-19(25)22(23)26/h2-7,12-14,29H,8-11H2,1H3,(H,30,33). The van der Waals surface area contributed by atoms with Crippen LogP contribution in [0.2, 0.25) is 0 Å². The molecule has 2 N–H and O–H groups in total. The molecule has 0 aliphatic carbocycles. The average Bonchev–Trinajstić information content (AvgIpc) is 3.26. The number of nitrogens with one attached hydrogen (secondary N) is 2. The highest BCUT2D eigenvalue weighted by molar-refractivity contribution is 6.01. The Morgan fingerprint density at radius 1 is 1.03 bits per heavy atom. The first-order chi connectivity index (χ1) is 16.5. The zero-order valence-corrected chi connectivity index (χ0v) is 18.4. The lowest BCUT2D eigenvalue weighted by molar-refractivity contribution is 0.208. The molecule has 0 unspecified atom stereocenters. The Morgan fingerprint density at radius 3 is 2.50 bits per heavy atom.